The third-order valence-corrected chi connectivity index (χ3v) is 4.23. The fourth-order valence-corrected chi connectivity index (χ4v) is 2.58. The first kappa shape index (κ1) is 18.2. The van der Waals surface area contributed by atoms with E-state index >= 15 is 0 Å². The summed E-state index contributed by atoms with van der Waals surface area (Å²) >= 11 is 0. The molecule has 0 saturated carbocycles. The van der Waals surface area contributed by atoms with Gasteiger partial charge in [0.2, 0.25) is 0 Å². The third kappa shape index (κ3) is 4.68. The first-order valence-electron chi connectivity index (χ1n) is 8.49. The molecule has 0 atom stereocenters. The summed E-state index contributed by atoms with van der Waals surface area (Å²) < 4.78 is 0. The van der Waals surface area contributed by atoms with Crippen LogP contribution in [0.1, 0.15) is 35.7 Å². The van der Waals surface area contributed by atoms with E-state index in [2.05, 4.69) is 49.1 Å². The van der Waals surface area contributed by atoms with Crippen LogP contribution in [0, 0.1) is 0 Å². The predicted molar refractivity (Wildman–Crippen MR) is 101 cm³/mol. The Morgan fingerprint density at radius 2 is 1.54 bits per heavy atom. The highest BCUT2D eigenvalue weighted by Gasteiger charge is 2.12. The Morgan fingerprint density at radius 1 is 0.917 bits per heavy atom. The number of rotatable bonds is 6. The molecule has 2 aromatic rings. The second kappa shape index (κ2) is 8.11. The summed E-state index contributed by atoms with van der Waals surface area (Å²) in [6.45, 7) is 5.97. The molecule has 0 aliphatic rings. The van der Waals surface area contributed by atoms with Gasteiger partial charge in [-0.25, -0.2) is 0 Å². The zero-order valence-corrected chi connectivity index (χ0v) is 15.4. The van der Waals surface area contributed by atoms with Crippen molar-refractivity contribution >= 4 is 5.91 Å². The number of benzene rings is 2. The molecule has 0 aliphatic carbocycles. The predicted octanol–water partition coefficient (Wildman–Crippen LogP) is 4.11. The highest BCUT2D eigenvalue weighted by molar-refractivity contribution is 5.95. The molecule has 2 rings (SSSR count). The van der Waals surface area contributed by atoms with Crippen molar-refractivity contribution in [2.45, 2.75) is 19.8 Å². The maximum Gasteiger partial charge on any atom is 0.253 e. The number of hydrogen-bond donors (Lipinski definition) is 0. The molecule has 0 aromatic heterocycles. The minimum absolute atomic E-state index is 0.0683. The van der Waals surface area contributed by atoms with Crippen molar-refractivity contribution in [1.29, 1.82) is 0 Å². The lowest BCUT2D eigenvalue weighted by molar-refractivity contribution is 0.0786. The molecule has 0 saturated heterocycles. The molecule has 128 valence electrons. The highest BCUT2D eigenvalue weighted by atomic mass is 16.2. The van der Waals surface area contributed by atoms with Gasteiger partial charge >= 0.3 is 0 Å². The van der Waals surface area contributed by atoms with Gasteiger partial charge < -0.3 is 9.80 Å². The van der Waals surface area contributed by atoms with Gasteiger partial charge in [-0.05, 0) is 48.8 Å². The van der Waals surface area contributed by atoms with Crippen molar-refractivity contribution in [1.82, 2.24) is 9.80 Å². The Morgan fingerprint density at radius 3 is 2.17 bits per heavy atom. The van der Waals surface area contributed by atoms with Gasteiger partial charge in [-0.2, -0.15) is 0 Å². The molecule has 0 radical (unpaired) electrons. The molecule has 1 amide bonds. The molecule has 0 heterocycles. The van der Waals surface area contributed by atoms with E-state index < -0.39 is 0 Å². The summed E-state index contributed by atoms with van der Waals surface area (Å²) in [5.41, 5.74) is 4.30. The second-order valence-corrected chi connectivity index (χ2v) is 6.89. The average molecular weight is 324 g/mol. The minimum atomic E-state index is 0.0683. The van der Waals surface area contributed by atoms with Crippen molar-refractivity contribution in [2.75, 3.05) is 34.2 Å². The molecule has 0 N–H and O–H groups in total. The van der Waals surface area contributed by atoms with Crippen molar-refractivity contribution in [3.8, 4) is 11.1 Å². The summed E-state index contributed by atoms with van der Waals surface area (Å²) in [4.78, 5) is 16.5. The van der Waals surface area contributed by atoms with E-state index in [1.165, 1.54) is 5.56 Å². The van der Waals surface area contributed by atoms with Crippen molar-refractivity contribution in [2.24, 2.45) is 0 Å². The van der Waals surface area contributed by atoms with Crippen molar-refractivity contribution in [3.63, 3.8) is 0 Å². The lowest BCUT2D eigenvalue weighted by atomic mass is 9.96. The molecule has 0 aliphatic heterocycles. The van der Waals surface area contributed by atoms with Crippen LogP contribution in [0.5, 0.6) is 0 Å². The number of nitrogens with zero attached hydrogens (tertiary/aromatic N) is 2. The number of amides is 1. The number of carbonyl (C=O) groups is 1. The Bertz CT molecular complexity index is 692. The van der Waals surface area contributed by atoms with Crippen LogP contribution in [-0.2, 0) is 0 Å². The molecule has 3 nitrogen and oxygen atoms in total. The highest BCUT2D eigenvalue weighted by Crippen LogP contribution is 2.25. The molecular formula is C21H28N2O. The van der Waals surface area contributed by atoms with E-state index in [9.17, 15) is 4.79 Å². The summed E-state index contributed by atoms with van der Waals surface area (Å²) in [7, 11) is 5.89. The van der Waals surface area contributed by atoms with Gasteiger partial charge in [0.1, 0.15) is 0 Å². The SMILES string of the molecule is CC(C)c1cccc(-c2cccc(C(=O)N(C)CCN(C)C)c2)c1. The van der Waals surface area contributed by atoms with Crippen LogP contribution in [0.15, 0.2) is 48.5 Å². The quantitative estimate of drug-likeness (QED) is 0.798. The fraction of sp³-hybridized carbons (Fsp3) is 0.381. The van der Waals surface area contributed by atoms with Crippen LogP contribution in [-0.4, -0.2) is 49.9 Å². The van der Waals surface area contributed by atoms with Crippen molar-refractivity contribution in [3.05, 3.63) is 59.7 Å². The number of likely N-dealkylation sites (N-methyl/N-ethyl adjacent to an activating group) is 2. The second-order valence-electron chi connectivity index (χ2n) is 6.89. The summed E-state index contributed by atoms with van der Waals surface area (Å²) in [5.74, 6) is 0.561. The third-order valence-electron chi connectivity index (χ3n) is 4.23. The summed E-state index contributed by atoms with van der Waals surface area (Å²) in [6.07, 6.45) is 0. The maximum atomic E-state index is 12.6. The van der Waals surface area contributed by atoms with E-state index in [1.54, 1.807) is 4.90 Å². The Hall–Kier alpha value is -2.13. The molecule has 0 bridgehead atoms. The smallest absolute Gasteiger partial charge is 0.253 e. The molecule has 24 heavy (non-hydrogen) atoms. The largest absolute Gasteiger partial charge is 0.340 e. The maximum absolute atomic E-state index is 12.6. The van der Waals surface area contributed by atoms with Crippen LogP contribution in [0.3, 0.4) is 0 Å². The fourth-order valence-electron chi connectivity index (χ4n) is 2.58. The van der Waals surface area contributed by atoms with Gasteiger partial charge in [-0.1, -0.05) is 50.2 Å². The Kier molecular flexibility index (Phi) is 6.16. The Labute approximate surface area is 145 Å². The van der Waals surface area contributed by atoms with Crippen LogP contribution in [0.25, 0.3) is 11.1 Å². The Balaban J connectivity index is 2.22. The van der Waals surface area contributed by atoms with Gasteiger partial charge in [0.25, 0.3) is 5.91 Å². The van der Waals surface area contributed by atoms with Crippen LogP contribution < -0.4 is 0 Å². The van der Waals surface area contributed by atoms with E-state index in [-0.39, 0.29) is 5.91 Å². The first-order valence-corrected chi connectivity index (χ1v) is 8.49. The lowest BCUT2D eigenvalue weighted by Crippen LogP contribution is -2.33. The van der Waals surface area contributed by atoms with Gasteiger partial charge in [0.15, 0.2) is 0 Å². The molecule has 0 unspecified atom stereocenters. The van der Waals surface area contributed by atoms with Gasteiger partial charge in [0.05, 0.1) is 0 Å². The molecule has 0 spiro atoms. The molecule has 2 aromatic carbocycles. The van der Waals surface area contributed by atoms with Crippen LogP contribution >= 0.6 is 0 Å². The zero-order valence-electron chi connectivity index (χ0n) is 15.4. The standard InChI is InChI=1S/C21H28N2O/c1-16(2)17-8-6-9-18(14-17)19-10-7-11-20(15-19)21(24)23(5)13-12-22(3)4/h6-11,14-16H,12-13H2,1-5H3. The van der Waals surface area contributed by atoms with Crippen molar-refractivity contribution < 1.29 is 4.79 Å². The summed E-state index contributed by atoms with van der Waals surface area (Å²) in [5, 5.41) is 0. The lowest BCUT2D eigenvalue weighted by Gasteiger charge is -2.20. The van der Waals surface area contributed by atoms with E-state index in [1.807, 2.05) is 39.3 Å². The van der Waals surface area contributed by atoms with Gasteiger partial charge in [-0.3, -0.25) is 4.79 Å². The zero-order chi connectivity index (χ0) is 17.7. The van der Waals surface area contributed by atoms with E-state index in [0.29, 0.717) is 5.92 Å². The molecular weight excluding hydrogens is 296 g/mol. The topological polar surface area (TPSA) is 23.6 Å². The monoisotopic (exact) mass is 324 g/mol. The normalized spacial score (nSPS) is 11.1. The molecule has 0 fully saturated rings. The van der Waals surface area contributed by atoms with Crippen LogP contribution in [0.2, 0.25) is 0 Å². The minimum Gasteiger partial charge on any atom is -0.340 e. The van der Waals surface area contributed by atoms with Crippen LogP contribution in [0.4, 0.5) is 0 Å². The molecule has 3 heteroatoms. The van der Waals surface area contributed by atoms with E-state index in [0.717, 1.165) is 29.8 Å². The van der Waals surface area contributed by atoms with E-state index in [4.69, 9.17) is 0 Å². The number of hydrogen-bond acceptors (Lipinski definition) is 2. The first-order chi connectivity index (χ1) is 11.4. The summed E-state index contributed by atoms with van der Waals surface area (Å²) in [6, 6.07) is 16.5. The number of carbonyl (C=O) groups excluding carboxylic acids is 1. The van der Waals surface area contributed by atoms with Gasteiger partial charge in [0, 0.05) is 25.7 Å². The van der Waals surface area contributed by atoms with Gasteiger partial charge in [-0.15, -0.1) is 0 Å². The average Bonchev–Trinajstić information content (AvgIpc) is 2.59.